The number of nitrogens with one attached hydrogen (secondary N) is 2. The number of pyridine rings is 1. The van der Waals surface area contributed by atoms with Crippen molar-refractivity contribution >= 4 is 5.91 Å². The first-order valence-electron chi connectivity index (χ1n) is 9.73. The zero-order valence-corrected chi connectivity index (χ0v) is 16.5. The maximum absolute atomic E-state index is 13.3. The highest BCUT2D eigenvalue weighted by Crippen LogP contribution is 2.33. The molecule has 1 aliphatic rings. The minimum atomic E-state index is -0.353. The molecule has 1 aliphatic heterocycles. The molecule has 6 nitrogen and oxygen atoms in total. The molecule has 0 spiro atoms. The Morgan fingerprint density at radius 3 is 2.76 bits per heavy atom. The molecule has 0 unspecified atom stereocenters. The molecule has 1 aromatic carbocycles. The zero-order valence-electron chi connectivity index (χ0n) is 16.5. The number of aryl methyl sites for hydroxylation is 2. The average Bonchev–Trinajstić information content (AvgIpc) is 3.21. The van der Waals surface area contributed by atoms with Gasteiger partial charge >= 0.3 is 0 Å². The van der Waals surface area contributed by atoms with Crippen LogP contribution in [0.4, 0.5) is 4.39 Å². The molecule has 29 heavy (non-hydrogen) atoms. The van der Waals surface area contributed by atoms with Gasteiger partial charge in [0.05, 0.1) is 6.20 Å². The Balaban J connectivity index is 1.59. The fourth-order valence-corrected chi connectivity index (χ4v) is 3.92. The van der Waals surface area contributed by atoms with Crippen molar-refractivity contribution in [2.75, 3.05) is 13.1 Å². The number of likely N-dealkylation sites (tertiary alicyclic amines) is 1. The fraction of sp³-hybridized carbons (Fsp3) is 0.318. The maximum Gasteiger partial charge on any atom is 0.261 e. The quantitative estimate of drug-likeness (QED) is 0.713. The third kappa shape index (κ3) is 3.72. The first-order valence-corrected chi connectivity index (χ1v) is 9.73. The lowest BCUT2D eigenvalue weighted by atomic mass is 9.90. The largest absolute Gasteiger partial charge is 0.338 e. The molecule has 1 amide bonds. The highest BCUT2D eigenvalue weighted by atomic mass is 19.1. The Labute approximate surface area is 167 Å². The standard InChI is InChI=1S/C22H23FN4O2/c1-13-10-18(21(28)25-14(13)2)22(29)27-9-3-4-16(12-27)20-19(11-24-26-20)15-5-7-17(23)8-6-15/h5-8,10-11,16H,3-4,9,12H2,1-2H3,(H,24,26)(H,25,28)/t16-/m0/s1. The van der Waals surface area contributed by atoms with E-state index in [1.54, 1.807) is 29.3 Å². The van der Waals surface area contributed by atoms with Crippen molar-refractivity contribution < 1.29 is 9.18 Å². The summed E-state index contributed by atoms with van der Waals surface area (Å²) in [6, 6.07) is 7.97. The van der Waals surface area contributed by atoms with Gasteiger partial charge in [0, 0.05) is 36.0 Å². The maximum atomic E-state index is 13.3. The van der Waals surface area contributed by atoms with Crippen LogP contribution in [0.15, 0.2) is 41.3 Å². The number of carbonyl (C=O) groups is 1. The molecule has 7 heteroatoms. The van der Waals surface area contributed by atoms with Crippen molar-refractivity contribution in [1.29, 1.82) is 0 Å². The molecule has 0 radical (unpaired) electrons. The van der Waals surface area contributed by atoms with Gasteiger partial charge in [-0.25, -0.2) is 4.39 Å². The number of amides is 1. The van der Waals surface area contributed by atoms with Gasteiger partial charge in [0.1, 0.15) is 11.4 Å². The molecule has 1 fully saturated rings. The van der Waals surface area contributed by atoms with E-state index in [4.69, 9.17) is 0 Å². The smallest absolute Gasteiger partial charge is 0.261 e. The van der Waals surface area contributed by atoms with Crippen LogP contribution in [0.5, 0.6) is 0 Å². The first-order chi connectivity index (χ1) is 13.9. The number of rotatable bonds is 3. The van der Waals surface area contributed by atoms with Gasteiger partial charge < -0.3 is 9.88 Å². The predicted octanol–water partition coefficient (Wildman–Crippen LogP) is 3.54. The van der Waals surface area contributed by atoms with Gasteiger partial charge in [-0.1, -0.05) is 12.1 Å². The number of hydrogen-bond donors (Lipinski definition) is 2. The summed E-state index contributed by atoms with van der Waals surface area (Å²) < 4.78 is 13.3. The Bertz CT molecular complexity index is 1100. The van der Waals surface area contributed by atoms with Crippen LogP contribution < -0.4 is 5.56 Å². The summed E-state index contributed by atoms with van der Waals surface area (Å²) in [7, 11) is 0. The molecule has 1 saturated heterocycles. The Kier molecular flexibility index (Phi) is 5.05. The van der Waals surface area contributed by atoms with Crippen LogP contribution >= 0.6 is 0 Å². The Hall–Kier alpha value is -3.22. The molecule has 0 bridgehead atoms. The Morgan fingerprint density at radius 1 is 1.24 bits per heavy atom. The first kappa shape index (κ1) is 19.1. The number of aromatic nitrogens is 3. The fourth-order valence-electron chi connectivity index (χ4n) is 3.92. The summed E-state index contributed by atoms with van der Waals surface area (Å²) in [4.78, 5) is 29.8. The second-order valence-electron chi connectivity index (χ2n) is 7.61. The lowest BCUT2D eigenvalue weighted by Crippen LogP contribution is -2.41. The summed E-state index contributed by atoms with van der Waals surface area (Å²) in [5.41, 5.74) is 4.20. The molecule has 4 rings (SSSR count). The van der Waals surface area contributed by atoms with Crippen molar-refractivity contribution in [2.45, 2.75) is 32.6 Å². The molecule has 1 atom stereocenters. The Morgan fingerprint density at radius 2 is 2.00 bits per heavy atom. The van der Waals surface area contributed by atoms with Crippen LogP contribution in [0.1, 0.15) is 46.1 Å². The molecule has 2 aromatic heterocycles. The van der Waals surface area contributed by atoms with Crippen LogP contribution in [0.25, 0.3) is 11.1 Å². The number of nitrogens with zero attached hydrogens (tertiary/aromatic N) is 2. The second-order valence-corrected chi connectivity index (χ2v) is 7.61. The molecule has 3 aromatic rings. The van der Waals surface area contributed by atoms with E-state index in [-0.39, 0.29) is 28.8 Å². The van der Waals surface area contributed by atoms with Crippen LogP contribution in [0.3, 0.4) is 0 Å². The van der Waals surface area contributed by atoms with Crippen molar-refractivity contribution in [3.63, 3.8) is 0 Å². The third-order valence-electron chi connectivity index (χ3n) is 5.67. The van der Waals surface area contributed by atoms with E-state index in [0.717, 1.165) is 40.9 Å². The minimum absolute atomic E-state index is 0.0703. The summed E-state index contributed by atoms with van der Waals surface area (Å²) >= 11 is 0. The molecule has 150 valence electrons. The molecule has 0 saturated carbocycles. The second kappa shape index (κ2) is 7.66. The summed E-state index contributed by atoms with van der Waals surface area (Å²) in [6.07, 6.45) is 3.47. The number of piperidine rings is 1. The van der Waals surface area contributed by atoms with E-state index in [1.807, 2.05) is 13.8 Å². The van der Waals surface area contributed by atoms with Crippen LogP contribution in [0.2, 0.25) is 0 Å². The number of hydrogen-bond acceptors (Lipinski definition) is 3. The third-order valence-corrected chi connectivity index (χ3v) is 5.67. The van der Waals surface area contributed by atoms with Crippen LogP contribution in [-0.4, -0.2) is 39.1 Å². The van der Waals surface area contributed by atoms with E-state index in [1.165, 1.54) is 12.1 Å². The predicted molar refractivity (Wildman–Crippen MR) is 108 cm³/mol. The van der Waals surface area contributed by atoms with Crippen LogP contribution in [0, 0.1) is 19.7 Å². The zero-order chi connectivity index (χ0) is 20.5. The molecular formula is C22H23FN4O2. The number of aromatic amines is 2. The van der Waals surface area contributed by atoms with E-state index in [2.05, 4.69) is 15.2 Å². The lowest BCUT2D eigenvalue weighted by molar-refractivity contribution is 0.0704. The lowest BCUT2D eigenvalue weighted by Gasteiger charge is -2.32. The van der Waals surface area contributed by atoms with Gasteiger partial charge in [-0.05, 0) is 56.0 Å². The average molecular weight is 394 g/mol. The van der Waals surface area contributed by atoms with Gasteiger partial charge in [0.2, 0.25) is 0 Å². The number of benzene rings is 1. The number of carbonyl (C=O) groups excluding carboxylic acids is 1. The molecule has 2 N–H and O–H groups in total. The number of halogens is 1. The molecule has 0 aliphatic carbocycles. The van der Waals surface area contributed by atoms with Crippen molar-refractivity contribution in [3.8, 4) is 11.1 Å². The highest BCUT2D eigenvalue weighted by Gasteiger charge is 2.29. The van der Waals surface area contributed by atoms with Gasteiger partial charge in [0.25, 0.3) is 11.5 Å². The topological polar surface area (TPSA) is 81.8 Å². The van der Waals surface area contributed by atoms with Gasteiger partial charge in [-0.2, -0.15) is 5.10 Å². The van der Waals surface area contributed by atoms with Gasteiger partial charge in [-0.3, -0.25) is 14.7 Å². The minimum Gasteiger partial charge on any atom is -0.338 e. The van der Waals surface area contributed by atoms with Crippen molar-refractivity contribution in [1.82, 2.24) is 20.1 Å². The van der Waals surface area contributed by atoms with Crippen molar-refractivity contribution in [2.24, 2.45) is 0 Å². The summed E-state index contributed by atoms with van der Waals surface area (Å²) in [6.45, 7) is 4.81. The van der Waals surface area contributed by atoms with E-state index < -0.39 is 0 Å². The molecular weight excluding hydrogens is 371 g/mol. The highest BCUT2D eigenvalue weighted by molar-refractivity contribution is 5.94. The van der Waals surface area contributed by atoms with E-state index in [0.29, 0.717) is 13.1 Å². The SMILES string of the molecule is Cc1cc(C(=O)N2CCC[C@H](c3[nH]ncc3-c3ccc(F)cc3)C2)c(=O)[nH]c1C. The normalized spacial score (nSPS) is 16.8. The summed E-state index contributed by atoms with van der Waals surface area (Å²) in [5.74, 6) is -0.463. The van der Waals surface area contributed by atoms with Crippen LogP contribution in [-0.2, 0) is 0 Å². The van der Waals surface area contributed by atoms with E-state index in [9.17, 15) is 14.0 Å². The molecule has 3 heterocycles. The van der Waals surface area contributed by atoms with E-state index >= 15 is 0 Å². The number of H-pyrrole nitrogens is 2. The summed E-state index contributed by atoms with van der Waals surface area (Å²) in [5, 5.41) is 7.25. The van der Waals surface area contributed by atoms with Gasteiger partial charge in [0.15, 0.2) is 0 Å². The van der Waals surface area contributed by atoms with Crippen molar-refractivity contribution in [3.05, 3.63) is 75.2 Å². The monoisotopic (exact) mass is 394 g/mol. The van der Waals surface area contributed by atoms with Gasteiger partial charge in [-0.15, -0.1) is 0 Å².